The van der Waals surface area contributed by atoms with E-state index >= 15 is 0 Å². The van der Waals surface area contributed by atoms with E-state index in [2.05, 4.69) is 11.0 Å². The lowest BCUT2D eigenvalue weighted by atomic mass is 10.1. The van der Waals surface area contributed by atoms with E-state index in [1.54, 1.807) is 11.0 Å². The van der Waals surface area contributed by atoms with Gasteiger partial charge in [0.15, 0.2) is 0 Å². The maximum atomic E-state index is 12.6. The number of carbonyl (C=O) groups is 2. The normalized spacial score (nSPS) is 21.3. The van der Waals surface area contributed by atoms with Crippen molar-refractivity contribution in [3.05, 3.63) is 29.8 Å². The number of likely N-dealkylation sites (tertiary alicyclic amines) is 1. The summed E-state index contributed by atoms with van der Waals surface area (Å²) >= 11 is 0. The number of carbonyl (C=O) groups excluding carboxylic acids is 2. The maximum absolute atomic E-state index is 12.6. The summed E-state index contributed by atoms with van der Waals surface area (Å²) in [4.78, 5) is 30.1. The van der Waals surface area contributed by atoms with Crippen molar-refractivity contribution in [2.45, 2.75) is 25.4 Å². The van der Waals surface area contributed by atoms with Gasteiger partial charge in [0.05, 0.1) is 17.8 Å². The number of rotatable bonds is 3. The van der Waals surface area contributed by atoms with E-state index in [0.29, 0.717) is 44.7 Å². The molecule has 0 aliphatic carbocycles. The molecule has 2 heterocycles. The molecule has 0 radical (unpaired) electrons. The number of hydrogen-bond acceptors (Lipinski definition) is 5. The molecule has 1 unspecified atom stereocenters. The molecule has 0 spiro atoms. The third-order valence-electron chi connectivity index (χ3n) is 5.08. The average Bonchev–Trinajstić information content (AvgIpc) is 2.83. The van der Waals surface area contributed by atoms with Crippen LogP contribution in [0.15, 0.2) is 24.3 Å². The Morgan fingerprint density at radius 2 is 1.88 bits per heavy atom. The van der Waals surface area contributed by atoms with Gasteiger partial charge >= 0.3 is 0 Å². The van der Waals surface area contributed by atoms with Crippen molar-refractivity contribution in [1.82, 2.24) is 9.80 Å². The Morgan fingerprint density at radius 1 is 1.15 bits per heavy atom. The minimum atomic E-state index is -0.982. The molecular formula is C19H24N4O3. The Morgan fingerprint density at radius 3 is 2.62 bits per heavy atom. The van der Waals surface area contributed by atoms with Gasteiger partial charge < -0.3 is 19.8 Å². The molecule has 2 aliphatic heterocycles. The van der Waals surface area contributed by atoms with Crippen LogP contribution in [-0.4, -0.2) is 72.1 Å². The standard InChI is InChI=1S/C19H24N4O3/c20-13-15-5-1-2-6-16(15)21-9-11-22(12-10-21)18(25)14-23-8-4-3-7-17(24)19(23)26/h1-2,5-6,17,24H,3-4,7-12,14H2. The Bertz CT molecular complexity index is 707. The van der Waals surface area contributed by atoms with Gasteiger partial charge in [-0.1, -0.05) is 12.1 Å². The van der Waals surface area contributed by atoms with Crippen LogP contribution in [0.4, 0.5) is 5.69 Å². The summed E-state index contributed by atoms with van der Waals surface area (Å²) in [6.45, 7) is 2.98. The van der Waals surface area contributed by atoms with Crippen LogP contribution >= 0.6 is 0 Å². The third kappa shape index (κ3) is 3.97. The van der Waals surface area contributed by atoms with Gasteiger partial charge in [-0.2, -0.15) is 5.26 Å². The smallest absolute Gasteiger partial charge is 0.251 e. The summed E-state index contributed by atoms with van der Waals surface area (Å²) in [5.41, 5.74) is 1.53. The van der Waals surface area contributed by atoms with Gasteiger partial charge in [-0.05, 0) is 31.4 Å². The number of hydrogen-bond donors (Lipinski definition) is 1. The van der Waals surface area contributed by atoms with Crippen LogP contribution in [0.3, 0.4) is 0 Å². The monoisotopic (exact) mass is 356 g/mol. The molecule has 2 amide bonds. The summed E-state index contributed by atoms with van der Waals surface area (Å²) in [6.07, 6.45) is 1.11. The summed E-state index contributed by atoms with van der Waals surface area (Å²) in [7, 11) is 0. The molecule has 7 nitrogen and oxygen atoms in total. The molecule has 1 atom stereocenters. The SMILES string of the molecule is N#Cc1ccccc1N1CCN(C(=O)CN2CCCCC(O)C2=O)CC1. The van der Waals surface area contributed by atoms with E-state index in [0.717, 1.165) is 18.5 Å². The van der Waals surface area contributed by atoms with E-state index < -0.39 is 6.10 Å². The van der Waals surface area contributed by atoms with Crippen LogP contribution in [0, 0.1) is 11.3 Å². The zero-order chi connectivity index (χ0) is 18.5. The highest BCUT2D eigenvalue weighted by Gasteiger charge is 2.29. The Kier molecular flexibility index (Phi) is 5.74. The second-order valence-corrected chi connectivity index (χ2v) is 6.77. The van der Waals surface area contributed by atoms with E-state index in [1.165, 1.54) is 4.90 Å². The number of nitriles is 1. The molecule has 1 N–H and O–H groups in total. The number of benzene rings is 1. The minimum Gasteiger partial charge on any atom is -0.383 e. The van der Waals surface area contributed by atoms with Gasteiger partial charge in [-0.15, -0.1) is 0 Å². The Hall–Kier alpha value is -2.59. The van der Waals surface area contributed by atoms with E-state index in [-0.39, 0.29) is 18.4 Å². The first kappa shape index (κ1) is 18.2. The maximum Gasteiger partial charge on any atom is 0.251 e. The quantitative estimate of drug-likeness (QED) is 0.856. The van der Waals surface area contributed by atoms with Crippen molar-refractivity contribution in [2.75, 3.05) is 44.2 Å². The number of piperazine rings is 1. The topological polar surface area (TPSA) is 87.9 Å². The first-order valence-corrected chi connectivity index (χ1v) is 9.09. The summed E-state index contributed by atoms with van der Waals surface area (Å²) in [6, 6.07) is 9.67. The van der Waals surface area contributed by atoms with Gasteiger partial charge in [-0.3, -0.25) is 9.59 Å². The van der Waals surface area contributed by atoms with Gasteiger partial charge in [0.1, 0.15) is 12.2 Å². The second-order valence-electron chi connectivity index (χ2n) is 6.77. The predicted octanol–water partition coefficient (Wildman–Crippen LogP) is 0.580. The minimum absolute atomic E-state index is 0.0324. The number of nitrogens with zero attached hydrogens (tertiary/aromatic N) is 4. The fourth-order valence-corrected chi connectivity index (χ4v) is 3.55. The fraction of sp³-hybridized carbons (Fsp3) is 0.526. The summed E-state index contributed by atoms with van der Waals surface area (Å²) in [5.74, 6) is -0.418. The predicted molar refractivity (Wildman–Crippen MR) is 96.4 cm³/mol. The molecule has 0 aromatic heterocycles. The van der Waals surface area contributed by atoms with Crippen molar-refractivity contribution in [3.8, 4) is 6.07 Å². The van der Waals surface area contributed by atoms with Crippen molar-refractivity contribution in [3.63, 3.8) is 0 Å². The molecule has 1 aromatic carbocycles. The van der Waals surface area contributed by atoms with Gasteiger partial charge in [0.25, 0.3) is 5.91 Å². The lowest BCUT2D eigenvalue weighted by Gasteiger charge is -2.37. The highest BCUT2D eigenvalue weighted by atomic mass is 16.3. The highest BCUT2D eigenvalue weighted by Crippen LogP contribution is 2.21. The molecule has 3 rings (SSSR count). The van der Waals surface area contributed by atoms with Gasteiger partial charge in [0.2, 0.25) is 5.91 Å². The molecule has 2 fully saturated rings. The van der Waals surface area contributed by atoms with Crippen molar-refractivity contribution >= 4 is 17.5 Å². The summed E-state index contributed by atoms with van der Waals surface area (Å²) in [5, 5.41) is 19.1. The van der Waals surface area contributed by atoms with E-state index in [9.17, 15) is 20.0 Å². The van der Waals surface area contributed by atoms with E-state index in [4.69, 9.17) is 0 Å². The zero-order valence-electron chi connectivity index (χ0n) is 14.8. The molecule has 2 saturated heterocycles. The Balaban J connectivity index is 1.57. The lowest BCUT2D eigenvalue weighted by Crippen LogP contribution is -2.52. The molecule has 1 aromatic rings. The molecule has 7 heteroatoms. The molecular weight excluding hydrogens is 332 g/mol. The number of aliphatic hydroxyl groups is 1. The summed E-state index contributed by atoms with van der Waals surface area (Å²) < 4.78 is 0. The van der Waals surface area contributed by atoms with Crippen LogP contribution < -0.4 is 4.90 Å². The largest absolute Gasteiger partial charge is 0.383 e. The van der Waals surface area contributed by atoms with Crippen molar-refractivity contribution in [2.24, 2.45) is 0 Å². The molecule has 0 bridgehead atoms. The molecule has 2 aliphatic rings. The van der Waals surface area contributed by atoms with Crippen LogP contribution in [0.5, 0.6) is 0 Å². The third-order valence-corrected chi connectivity index (χ3v) is 5.08. The number of aliphatic hydroxyl groups excluding tert-OH is 1. The van der Waals surface area contributed by atoms with Gasteiger partial charge in [-0.25, -0.2) is 0 Å². The first-order chi connectivity index (χ1) is 12.6. The first-order valence-electron chi connectivity index (χ1n) is 9.09. The second kappa shape index (κ2) is 8.19. The van der Waals surface area contributed by atoms with E-state index in [1.807, 2.05) is 18.2 Å². The number of para-hydroxylation sites is 1. The lowest BCUT2D eigenvalue weighted by molar-refractivity contribution is -0.145. The zero-order valence-corrected chi connectivity index (χ0v) is 14.8. The van der Waals surface area contributed by atoms with Crippen molar-refractivity contribution < 1.29 is 14.7 Å². The number of anilines is 1. The molecule has 138 valence electrons. The van der Waals surface area contributed by atoms with Crippen LogP contribution in [0.1, 0.15) is 24.8 Å². The van der Waals surface area contributed by atoms with Crippen LogP contribution in [0.25, 0.3) is 0 Å². The average molecular weight is 356 g/mol. The Labute approximate surface area is 153 Å². The fourth-order valence-electron chi connectivity index (χ4n) is 3.55. The molecule has 0 saturated carbocycles. The van der Waals surface area contributed by atoms with Crippen molar-refractivity contribution in [1.29, 1.82) is 5.26 Å². The number of amides is 2. The van der Waals surface area contributed by atoms with Gasteiger partial charge in [0, 0.05) is 32.7 Å². The van der Waals surface area contributed by atoms with Crippen LogP contribution in [0.2, 0.25) is 0 Å². The molecule has 26 heavy (non-hydrogen) atoms. The highest BCUT2D eigenvalue weighted by molar-refractivity contribution is 5.87. The van der Waals surface area contributed by atoms with Crippen LogP contribution in [-0.2, 0) is 9.59 Å².